The summed E-state index contributed by atoms with van der Waals surface area (Å²) in [4.78, 5) is 12.5. The molecule has 2 aromatic heterocycles. The average molecular weight is 387 g/mol. The Bertz CT molecular complexity index is 1260. The number of halogens is 3. The fourth-order valence-electron chi connectivity index (χ4n) is 3.23. The summed E-state index contributed by atoms with van der Waals surface area (Å²) in [5, 5.41) is 11.7. The molecule has 4 aromatic rings. The van der Waals surface area contributed by atoms with Gasteiger partial charge in [-0.1, -0.05) is 18.2 Å². The van der Waals surface area contributed by atoms with E-state index in [1.165, 1.54) is 17.6 Å². The Morgan fingerprint density at radius 3 is 2.61 bits per heavy atom. The molecule has 4 rings (SSSR count). The maximum atomic E-state index is 13.1. The van der Waals surface area contributed by atoms with Gasteiger partial charge in [0.05, 0.1) is 23.0 Å². The number of fused-ring (bicyclic) bond motifs is 3. The van der Waals surface area contributed by atoms with Gasteiger partial charge in [-0.05, 0) is 36.8 Å². The molecule has 6 nitrogen and oxygen atoms in total. The monoisotopic (exact) mass is 387 g/mol. The van der Waals surface area contributed by atoms with Gasteiger partial charge in [0.1, 0.15) is 0 Å². The molecule has 0 unspecified atom stereocenters. The Morgan fingerprint density at radius 1 is 1.11 bits per heavy atom. The summed E-state index contributed by atoms with van der Waals surface area (Å²) < 4.78 is 42.5. The third-order valence-corrected chi connectivity index (χ3v) is 4.69. The summed E-state index contributed by atoms with van der Waals surface area (Å²) in [7, 11) is 1.60. The van der Waals surface area contributed by atoms with Crippen LogP contribution in [0.25, 0.3) is 16.7 Å². The number of benzene rings is 2. The molecule has 0 amide bonds. The SMILES string of the molecule is Cc1ccc(NCc2nnc3n(C)c(=O)c4ccccc4n23)cc1C(F)(F)F. The highest BCUT2D eigenvalue weighted by Gasteiger charge is 2.32. The summed E-state index contributed by atoms with van der Waals surface area (Å²) in [6.07, 6.45) is -4.42. The van der Waals surface area contributed by atoms with Crippen molar-refractivity contribution >= 4 is 22.4 Å². The predicted molar refractivity (Wildman–Crippen MR) is 99.2 cm³/mol. The van der Waals surface area contributed by atoms with Gasteiger partial charge in [-0.3, -0.25) is 13.8 Å². The lowest BCUT2D eigenvalue weighted by Gasteiger charge is -2.13. The van der Waals surface area contributed by atoms with Crippen molar-refractivity contribution in [1.82, 2.24) is 19.2 Å². The van der Waals surface area contributed by atoms with E-state index in [9.17, 15) is 18.0 Å². The van der Waals surface area contributed by atoms with Crippen molar-refractivity contribution in [3.8, 4) is 0 Å². The molecule has 0 aliphatic carbocycles. The molecular weight excluding hydrogens is 371 g/mol. The van der Waals surface area contributed by atoms with Crippen LogP contribution in [0.4, 0.5) is 18.9 Å². The lowest BCUT2D eigenvalue weighted by Crippen LogP contribution is -2.20. The van der Waals surface area contributed by atoms with Crippen molar-refractivity contribution in [2.75, 3.05) is 5.32 Å². The fourth-order valence-corrected chi connectivity index (χ4v) is 3.23. The van der Waals surface area contributed by atoms with Gasteiger partial charge in [0, 0.05) is 12.7 Å². The molecule has 0 bridgehead atoms. The van der Waals surface area contributed by atoms with E-state index in [2.05, 4.69) is 15.5 Å². The highest BCUT2D eigenvalue weighted by molar-refractivity contribution is 5.80. The maximum absolute atomic E-state index is 13.1. The van der Waals surface area contributed by atoms with E-state index in [0.29, 0.717) is 28.2 Å². The first-order valence-corrected chi connectivity index (χ1v) is 8.51. The minimum absolute atomic E-state index is 0.143. The second kappa shape index (κ2) is 6.36. The van der Waals surface area contributed by atoms with E-state index in [-0.39, 0.29) is 17.7 Å². The number of nitrogens with zero attached hydrogens (tertiary/aromatic N) is 4. The Hall–Kier alpha value is -3.36. The fraction of sp³-hybridized carbons (Fsp3) is 0.211. The minimum atomic E-state index is -4.42. The summed E-state index contributed by atoms with van der Waals surface area (Å²) in [5.41, 5.74) is 0.248. The number of anilines is 1. The molecule has 0 atom stereocenters. The van der Waals surface area contributed by atoms with Crippen LogP contribution in [-0.4, -0.2) is 19.2 Å². The van der Waals surface area contributed by atoms with Crippen molar-refractivity contribution in [1.29, 1.82) is 0 Å². The second-order valence-corrected chi connectivity index (χ2v) is 6.51. The van der Waals surface area contributed by atoms with Gasteiger partial charge in [-0.15, -0.1) is 10.2 Å². The van der Waals surface area contributed by atoms with Gasteiger partial charge in [-0.2, -0.15) is 13.2 Å². The molecule has 144 valence electrons. The van der Waals surface area contributed by atoms with E-state index in [1.54, 1.807) is 41.8 Å². The first kappa shape index (κ1) is 18.0. The topological polar surface area (TPSA) is 64.2 Å². The van der Waals surface area contributed by atoms with Crippen molar-refractivity contribution < 1.29 is 13.2 Å². The summed E-state index contributed by atoms with van der Waals surface area (Å²) >= 11 is 0. The number of aromatic nitrogens is 4. The molecule has 9 heteroatoms. The van der Waals surface area contributed by atoms with E-state index >= 15 is 0 Å². The van der Waals surface area contributed by atoms with Gasteiger partial charge >= 0.3 is 6.18 Å². The molecule has 0 saturated carbocycles. The number of aryl methyl sites for hydroxylation is 2. The van der Waals surface area contributed by atoms with Crippen LogP contribution >= 0.6 is 0 Å². The molecule has 0 aliphatic heterocycles. The number of rotatable bonds is 3. The summed E-state index contributed by atoms with van der Waals surface area (Å²) in [6, 6.07) is 11.1. The predicted octanol–water partition coefficient (Wildman–Crippen LogP) is 3.52. The van der Waals surface area contributed by atoms with Crippen molar-refractivity contribution in [3.63, 3.8) is 0 Å². The highest BCUT2D eigenvalue weighted by atomic mass is 19.4. The van der Waals surface area contributed by atoms with Crippen LogP contribution in [-0.2, 0) is 19.8 Å². The number of hydrogen-bond acceptors (Lipinski definition) is 4. The Morgan fingerprint density at radius 2 is 1.86 bits per heavy atom. The van der Waals surface area contributed by atoms with Gasteiger partial charge in [0.2, 0.25) is 5.78 Å². The van der Waals surface area contributed by atoms with E-state index < -0.39 is 11.7 Å². The molecule has 0 radical (unpaired) electrons. The zero-order chi connectivity index (χ0) is 20.1. The maximum Gasteiger partial charge on any atom is 0.416 e. The Kier molecular flexibility index (Phi) is 4.10. The molecule has 0 saturated heterocycles. The second-order valence-electron chi connectivity index (χ2n) is 6.51. The summed E-state index contributed by atoms with van der Waals surface area (Å²) in [6.45, 7) is 1.56. The molecule has 1 N–H and O–H groups in total. The first-order chi connectivity index (χ1) is 13.3. The number of alkyl halides is 3. The van der Waals surface area contributed by atoms with Crippen LogP contribution < -0.4 is 10.9 Å². The third kappa shape index (κ3) is 2.88. The zero-order valence-electron chi connectivity index (χ0n) is 15.1. The lowest BCUT2D eigenvalue weighted by atomic mass is 10.1. The normalized spacial score (nSPS) is 12.0. The van der Waals surface area contributed by atoms with Crippen LogP contribution in [0.5, 0.6) is 0 Å². The lowest BCUT2D eigenvalue weighted by molar-refractivity contribution is -0.138. The van der Waals surface area contributed by atoms with Crippen molar-refractivity contribution in [2.45, 2.75) is 19.6 Å². The summed E-state index contributed by atoms with van der Waals surface area (Å²) in [5.74, 6) is 0.844. The third-order valence-electron chi connectivity index (χ3n) is 4.69. The minimum Gasteiger partial charge on any atom is -0.378 e. The number of hydrogen-bond donors (Lipinski definition) is 1. The molecular formula is C19H16F3N5O. The van der Waals surface area contributed by atoms with Gasteiger partial charge < -0.3 is 5.32 Å². The molecule has 28 heavy (non-hydrogen) atoms. The van der Waals surface area contributed by atoms with Gasteiger partial charge in [0.25, 0.3) is 5.56 Å². The van der Waals surface area contributed by atoms with Crippen molar-refractivity contribution in [3.05, 3.63) is 69.8 Å². The average Bonchev–Trinajstić information content (AvgIpc) is 3.09. The van der Waals surface area contributed by atoms with Crippen LogP contribution in [0.3, 0.4) is 0 Å². The van der Waals surface area contributed by atoms with Gasteiger partial charge in [0.15, 0.2) is 5.82 Å². The molecule has 2 aromatic carbocycles. The quantitative estimate of drug-likeness (QED) is 0.584. The molecule has 0 spiro atoms. The van der Waals surface area contributed by atoms with Crippen LogP contribution in [0, 0.1) is 6.92 Å². The van der Waals surface area contributed by atoms with Crippen LogP contribution in [0.1, 0.15) is 17.0 Å². The Balaban J connectivity index is 1.75. The van der Waals surface area contributed by atoms with E-state index in [1.807, 2.05) is 0 Å². The standard InChI is InChI=1S/C19H16F3N5O/c1-11-7-8-12(9-14(11)19(20,21)22)23-10-16-24-25-18-26(2)17(28)13-5-3-4-6-15(13)27(16)18/h3-9,23H,10H2,1-2H3. The molecule has 0 fully saturated rings. The first-order valence-electron chi connectivity index (χ1n) is 8.51. The van der Waals surface area contributed by atoms with E-state index in [4.69, 9.17) is 0 Å². The Labute approximate surface area is 157 Å². The van der Waals surface area contributed by atoms with Crippen LogP contribution in [0.15, 0.2) is 47.3 Å². The zero-order valence-corrected chi connectivity index (χ0v) is 15.1. The smallest absolute Gasteiger partial charge is 0.378 e. The number of para-hydroxylation sites is 1. The molecule has 0 aliphatic rings. The number of nitrogens with one attached hydrogen (secondary N) is 1. The largest absolute Gasteiger partial charge is 0.416 e. The van der Waals surface area contributed by atoms with Crippen LogP contribution in [0.2, 0.25) is 0 Å². The van der Waals surface area contributed by atoms with Gasteiger partial charge in [-0.25, -0.2) is 0 Å². The highest BCUT2D eigenvalue weighted by Crippen LogP contribution is 2.33. The molecule has 2 heterocycles. The van der Waals surface area contributed by atoms with Crippen molar-refractivity contribution in [2.24, 2.45) is 7.05 Å². The van der Waals surface area contributed by atoms with E-state index in [0.717, 1.165) is 6.07 Å².